The molecule has 3 aliphatic rings. The first-order valence-corrected chi connectivity index (χ1v) is 9.75. The monoisotopic (exact) mass is 374 g/mol. The second-order valence-electron chi connectivity index (χ2n) is 7.54. The minimum atomic E-state index is -0.327. The Labute approximate surface area is 158 Å². The van der Waals surface area contributed by atoms with Gasteiger partial charge in [0.25, 0.3) is 0 Å². The van der Waals surface area contributed by atoms with Crippen molar-refractivity contribution in [2.24, 2.45) is 0 Å². The molecule has 4 rings (SSSR count). The van der Waals surface area contributed by atoms with Crippen molar-refractivity contribution in [3.63, 3.8) is 0 Å². The Morgan fingerprint density at radius 1 is 1.11 bits per heavy atom. The Hall–Kier alpha value is -2.44. The third-order valence-electron chi connectivity index (χ3n) is 5.87. The van der Waals surface area contributed by atoms with E-state index in [1.54, 1.807) is 4.90 Å². The number of cyclic esters (lactones) is 1. The highest BCUT2D eigenvalue weighted by atomic mass is 16.7. The lowest BCUT2D eigenvalue weighted by Gasteiger charge is -2.38. The third kappa shape index (κ3) is 3.82. The summed E-state index contributed by atoms with van der Waals surface area (Å²) < 4.78 is 15.9. The van der Waals surface area contributed by atoms with Crippen LogP contribution in [0.15, 0.2) is 18.2 Å². The Kier molecular flexibility index (Phi) is 5.09. The molecule has 146 valence electrons. The standard InChI is InChI=1S/C20H26N2O5/c23-18(6-9-22-10-11-25-19(22)24)21-13-20(7-2-1-3-8-20)15-4-5-16-17(12-15)27-14-26-16/h4-5,12H,1-3,6-11,13-14H2,(H,21,23). The maximum absolute atomic E-state index is 12.4. The summed E-state index contributed by atoms with van der Waals surface area (Å²) in [5.41, 5.74) is 1.14. The van der Waals surface area contributed by atoms with E-state index in [2.05, 4.69) is 17.4 Å². The van der Waals surface area contributed by atoms with Gasteiger partial charge in [-0.25, -0.2) is 4.79 Å². The number of rotatable bonds is 6. The Morgan fingerprint density at radius 2 is 1.93 bits per heavy atom. The minimum absolute atomic E-state index is 0.0274. The summed E-state index contributed by atoms with van der Waals surface area (Å²) in [6.07, 6.45) is 5.61. The highest BCUT2D eigenvalue weighted by Gasteiger charge is 2.35. The Morgan fingerprint density at radius 3 is 2.70 bits per heavy atom. The van der Waals surface area contributed by atoms with Gasteiger partial charge in [0.15, 0.2) is 11.5 Å². The van der Waals surface area contributed by atoms with Gasteiger partial charge in [-0.2, -0.15) is 0 Å². The molecule has 0 unspecified atom stereocenters. The molecule has 7 heteroatoms. The Bertz CT molecular complexity index is 714. The topological polar surface area (TPSA) is 77.1 Å². The van der Waals surface area contributed by atoms with Crippen molar-refractivity contribution in [3.05, 3.63) is 23.8 Å². The van der Waals surface area contributed by atoms with Gasteiger partial charge in [0.1, 0.15) is 6.61 Å². The molecular formula is C20H26N2O5. The van der Waals surface area contributed by atoms with E-state index < -0.39 is 0 Å². The molecule has 0 bridgehead atoms. The van der Waals surface area contributed by atoms with Gasteiger partial charge in [-0.15, -0.1) is 0 Å². The number of amides is 2. The van der Waals surface area contributed by atoms with Crippen molar-refractivity contribution in [2.75, 3.05) is 33.0 Å². The number of fused-ring (bicyclic) bond motifs is 1. The second-order valence-corrected chi connectivity index (χ2v) is 7.54. The average molecular weight is 374 g/mol. The van der Waals surface area contributed by atoms with Crippen molar-refractivity contribution in [1.29, 1.82) is 0 Å². The lowest BCUT2D eigenvalue weighted by atomic mass is 9.69. The van der Waals surface area contributed by atoms with Crippen LogP contribution in [0.4, 0.5) is 4.79 Å². The molecule has 2 heterocycles. The summed E-state index contributed by atoms with van der Waals surface area (Å²) in [6.45, 7) is 2.25. The normalized spacial score (nSPS) is 20.4. The summed E-state index contributed by atoms with van der Waals surface area (Å²) >= 11 is 0. The summed E-state index contributed by atoms with van der Waals surface area (Å²) in [7, 11) is 0. The third-order valence-corrected chi connectivity index (χ3v) is 5.87. The molecule has 0 aromatic heterocycles. The molecule has 1 aromatic rings. The minimum Gasteiger partial charge on any atom is -0.454 e. The molecule has 1 N–H and O–H groups in total. The van der Waals surface area contributed by atoms with E-state index in [1.807, 2.05) is 6.07 Å². The first kappa shape index (κ1) is 17.9. The number of ether oxygens (including phenoxy) is 3. The maximum atomic E-state index is 12.4. The van der Waals surface area contributed by atoms with Gasteiger partial charge in [0, 0.05) is 24.9 Å². The van der Waals surface area contributed by atoms with E-state index in [4.69, 9.17) is 14.2 Å². The van der Waals surface area contributed by atoms with Crippen LogP contribution in [0, 0.1) is 0 Å². The van der Waals surface area contributed by atoms with Crippen molar-refractivity contribution in [3.8, 4) is 11.5 Å². The number of nitrogens with zero attached hydrogens (tertiary/aromatic N) is 1. The molecule has 2 fully saturated rings. The molecule has 7 nitrogen and oxygen atoms in total. The summed E-state index contributed by atoms with van der Waals surface area (Å²) in [5, 5.41) is 3.11. The summed E-state index contributed by atoms with van der Waals surface area (Å²) in [6, 6.07) is 6.14. The van der Waals surface area contributed by atoms with Gasteiger partial charge in [0.05, 0.1) is 6.54 Å². The van der Waals surface area contributed by atoms with E-state index in [0.29, 0.717) is 32.7 Å². The molecule has 1 saturated heterocycles. The largest absolute Gasteiger partial charge is 0.454 e. The van der Waals surface area contributed by atoms with E-state index in [0.717, 1.165) is 37.2 Å². The predicted octanol–water partition coefficient (Wildman–Crippen LogP) is 2.58. The van der Waals surface area contributed by atoms with Crippen molar-refractivity contribution >= 4 is 12.0 Å². The average Bonchev–Trinajstić information content (AvgIpc) is 3.33. The summed E-state index contributed by atoms with van der Waals surface area (Å²) in [4.78, 5) is 25.4. The smallest absolute Gasteiger partial charge is 0.409 e. The molecule has 2 amide bonds. The van der Waals surface area contributed by atoms with Crippen LogP contribution in [0.1, 0.15) is 44.1 Å². The molecule has 0 radical (unpaired) electrons. The van der Waals surface area contributed by atoms with Crippen molar-refractivity contribution < 1.29 is 23.8 Å². The first-order valence-electron chi connectivity index (χ1n) is 9.75. The quantitative estimate of drug-likeness (QED) is 0.828. The van der Waals surface area contributed by atoms with Crippen LogP contribution in [-0.4, -0.2) is 49.9 Å². The zero-order valence-electron chi connectivity index (χ0n) is 15.5. The van der Waals surface area contributed by atoms with Crippen molar-refractivity contribution in [2.45, 2.75) is 43.9 Å². The van der Waals surface area contributed by atoms with Gasteiger partial charge in [-0.05, 0) is 30.5 Å². The van der Waals surface area contributed by atoms with Crippen LogP contribution in [0.2, 0.25) is 0 Å². The fourth-order valence-corrected chi connectivity index (χ4v) is 4.24. The van der Waals surface area contributed by atoms with Crippen molar-refractivity contribution in [1.82, 2.24) is 10.2 Å². The lowest BCUT2D eigenvalue weighted by Crippen LogP contribution is -2.43. The van der Waals surface area contributed by atoms with Crippen LogP contribution in [0.25, 0.3) is 0 Å². The van der Waals surface area contributed by atoms with Gasteiger partial charge >= 0.3 is 6.09 Å². The molecular weight excluding hydrogens is 348 g/mol. The highest BCUT2D eigenvalue weighted by Crippen LogP contribution is 2.43. The van der Waals surface area contributed by atoms with Crippen LogP contribution in [0.3, 0.4) is 0 Å². The molecule has 1 saturated carbocycles. The van der Waals surface area contributed by atoms with Crippen LogP contribution in [-0.2, 0) is 14.9 Å². The van der Waals surface area contributed by atoms with Crippen LogP contribution < -0.4 is 14.8 Å². The van der Waals surface area contributed by atoms with E-state index in [9.17, 15) is 9.59 Å². The van der Waals surface area contributed by atoms with Crippen LogP contribution >= 0.6 is 0 Å². The molecule has 27 heavy (non-hydrogen) atoms. The highest BCUT2D eigenvalue weighted by molar-refractivity contribution is 5.77. The number of carbonyl (C=O) groups is 2. The molecule has 0 spiro atoms. The molecule has 1 aromatic carbocycles. The predicted molar refractivity (Wildman–Crippen MR) is 97.9 cm³/mol. The van der Waals surface area contributed by atoms with Gasteiger partial charge in [-0.3, -0.25) is 4.79 Å². The first-order chi connectivity index (χ1) is 13.2. The molecule has 1 aliphatic carbocycles. The van der Waals surface area contributed by atoms with Crippen LogP contribution in [0.5, 0.6) is 11.5 Å². The fraction of sp³-hybridized carbons (Fsp3) is 0.600. The second kappa shape index (κ2) is 7.66. The molecule has 0 atom stereocenters. The van der Waals surface area contributed by atoms with Gasteiger partial charge in [0.2, 0.25) is 12.7 Å². The zero-order valence-corrected chi connectivity index (χ0v) is 15.5. The zero-order chi connectivity index (χ0) is 18.7. The van der Waals surface area contributed by atoms with Gasteiger partial charge < -0.3 is 24.4 Å². The fourth-order valence-electron chi connectivity index (χ4n) is 4.24. The number of carbonyl (C=O) groups excluding carboxylic acids is 2. The number of benzene rings is 1. The SMILES string of the molecule is O=C(CCN1CCOC1=O)NCC1(c2ccc3c(c2)OCO3)CCCCC1. The number of hydrogen-bond acceptors (Lipinski definition) is 5. The maximum Gasteiger partial charge on any atom is 0.409 e. The van der Waals surface area contributed by atoms with E-state index in [-0.39, 0.29) is 24.2 Å². The van der Waals surface area contributed by atoms with E-state index in [1.165, 1.54) is 12.0 Å². The molecule has 2 aliphatic heterocycles. The number of hydrogen-bond donors (Lipinski definition) is 1. The summed E-state index contributed by atoms with van der Waals surface area (Å²) in [5.74, 6) is 1.54. The lowest BCUT2D eigenvalue weighted by molar-refractivity contribution is -0.121. The van der Waals surface area contributed by atoms with Gasteiger partial charge in [-0.1, -0.05) is 25.3 Å². The number of nitrogens with one attached hydrogen (secondary N) is 1. The van der Waals surface area contributed by atoms with E-state index >= 15 is 0 Å². The Balaban J connectivity index is 1.40.